The molecule has 0 radical (unpaired) electrons. The fraction of sp³-hybridized carbons (Fsp3) is 0.833. The van der Waals surface area contributed by atoms with Crippen molar-refractivity contribution in [1.29, 1.82) is 0 Å². The van der Waals surface area contributed by atoms with E-state index >= 15 is 0 Å². The summed E-state index contributed by atoms with van der Waals surface area (Å²) in [4.78, 5) is 26.0. The fourth-order valence-corrected chi connectivity index (χ4v) is 6.97. The Hall–Kier alpha value is -1.92. The van der Waals surface area contributed by atoms with Crippen molar-refractivity contribution in [1.82, 2.24) is 5.32 Å². The first-order valence-electron chi connectivity index (χ1n) is 23.2. The molecule has 0 saturated carbocycles. The highest BCUT2D eigenvalue weighted by Crippen LogP contribution is 2.18. The zero-order valence-electron chi connectivity index (χ0n) is 35.9. The van der Waals surface area contributed by atoms with E-state index in [9.17, 15) is 19.8 Å². The second-order valence-electron chi connectivity index (χ2n) is 15.8. The molecule has 0 fully saturated rings. The summed E-state index contributed by atoms with van der Waals surface area (Å²) in [5.74, 6) is -0.495. The van der Waals surface area contributed by atoms with Crippen LogP contribution in [0.5, 0.6) is 0 Å². The lowest BCUT2D eigenvalue weighted by Crippen LogP contribution is -2.46. The summed E-state index contributed by atoms with van der Waals surface area (Å²) in [5.41, 5.74) is 0. The molecular formula is C48H89NO5. The quantitative estimate of drug-likeness (QED) is 0.0328. The Kier molecular flexibility index (Phi) is 40.7. The van der Waals surface area contributed by atoms with Crippen LogP contribution in [-0.2, 0) is 14.3 Å². The Morgan fingerprint density at radius 3 is 1.52 bits per heavy atom. The molecule has 0 aromatic carbocycles. The van der Waals surface area contributed by atoms with Gasteiger partial charge in [-0.05, 0) is 57.8 Å². The minimum Gasteiger partial charge on any atom is -0.462 e. The molecule has 0 heterocycles. The maximum Gasteiger partial charge on any atom is 0.306 e. The second kappa shape index (κ2) is 42.2. The van der Waals surface area contributed by atoms with E-state index in [0.717, 1.165) is 83.5 Å². The number of carbonyl (C=O) groups is 2. The van der Waals surface area contributed by atoms with Gasteiger partial charge in [-0.25, -0.2) is 0 Å². The number of aliphatic hydroxyl groups is 2. The van der Waals surface area contributed by atoms with Crippen LogP contribution < -0.4 is 5.32 Å². The van der Waals surface area contributed by atoms with Crippen LogP contribution in [0.3, 0.4) is 0 Å². The van der Waals surface area contributed by atoms with Crippen LogP contribution in [0.2, 0.25) is 0 Å². The van der Waals surface area contributed by atoms with E-state index in [1.165, 1.54) is 103 Å². The topological polar surface area (TPSA) is 95.9 Å². The van der Waals surface area contributed by atoms with Gasteiger partial charge in [-0.15, -0.1) is 0 Å². The molecule has 0 spiro atoms. The molecule has 54 heavy (non-hydrogen) atoms. The molecule has 6 nitrogen and oxygen atoms in total. The first-order valence-corrected chi connectivity index (χ1v) is 23.2. The van der Waals surface area contributed by atoms with Crippen LogP contribution in [0.25, 0.3) is 0 Å². The maximum atomic E-state index is 13.1. The van der Waals surface area contributed by atoms with Crippen molar-refractivity contribution < 1.29 is 24.5 Å². The Balaban J connectivity index is 4.60. The lowest BCUT2D eigenvalue weighted by Gasteiger charge is -2.24. The van der Waals surface area contributed by atoms with E-state index in [2.05, 4.69) is 62.5 Å². The van der Waals surface area contributed by atoms with Crippen LogP contribution in [0.1, 0.15) is 233 Å². The highest BCUT2D eigenvalue weighted by Gasteiger charge is 2.24. The van der Waals surface area contributed by atoms with Crippen molar-refractivity contribution in [3.05, 3.63) is 36.5 Å². The SMILES string of the molecule is CC/C=C/C/C=C/C/C=C/CCCCCCC(=O)OC(CCCCCCCCCCCCC)CC(=O)NC(CO)C(O)CCCCCCCCCCCC. The number of carbonyl (C=O) groups excluding carboxylic acids is 2. The monoisotopic (exact) mass is 760 g/mol. The van der Waals surface area contributed by atoms with E-state index in [1.807, 2.05) is 0 Å². The van der Waals surface area contributed by atoms with Crippen LogP contribution in [0, 0.1) is 0 Å². The summed E-state index contributed by atoms with van der Waals surface area (Å²) in [6.07, 6.45) is 47.7. The summed E-state index contributed by atoms with van der Waals surface area (Å²) >= 11 is 0. The number of unbranched alkanes of at least 4 members (excludes halogenated alkanes) is 23. The molecule has 0 aliphatic rings. The number of allylic oxidation sites excluding steroid dienone is 6. The largest absolute Gasteiger partial charge is 0.462 e. The summed E-state index contributed by atoms with van der Waals surface area (Å²) in [5, 5.41) is 23.6. The molecule has 0 saturated heterocycles. The Morgan fingerprint density at radius 1 is 0.556 bits per heavy atom. The third kappa shape index (κ3) is 37.0. The molecular weight excluding hydrogens is 671 g/mol. The molecule has 3 N–H and O–H groups in total. The molecule has 0 aliphatic carbocycles. The molecule has 0 aromatic rings. The van der Waals surface area contributed by atoms with Crippen LogP contribution in [0.4, 0.5) is 0 Å². The van der Waals surface area contributed by atoms with Gasteiger partial charge in [-0.3, -0.25) is 9.59 Å². The lowest BCUT2D eigenvalue weighted by molar-refractivity contribution is -0.151. The van der Waals surface area contributed by atoms with Gasteiger partial charge in [0.2, 0.25) is 5.91 Å². The summed E-state index contributed by atoms with van der Waals surface area (Å²) < 4.78 is 5.89. The zero-order valence-corrected chi connectivity index (χ0v) is 35.9. The van der Waals surface area contributed by atoms with Crippen LogP contribution >= 0.6 is 0 Å². The molecule has 316 valence electrons. The van der Waals surface area contributed by atoms with E-state index in [1.54, 1.807) is 0 Å². The first kappa shape index (κ1) is 52.1. The Bertz CT molecular complexity index is 900. The van der Waals surface area contributed by atoms with Crippen LogP contribution in [-0.4, -0.2) is 46.9 Å². The average Bonchev–Trinajstić information content (AvgIpc) is 3.16. The molecule has 0 rings (SSSR count). The minimum atomic E-state index is -0.786. The van der Waals surface area contributed by atoms with Gasteiger partial charge in [-0.1, -0.05) is 198 Å². The fourth-order valence-electron chi connectivity index (χ4n) is 6.97. The zero-order chi connectivity index (χ0) is 39.6. The van der Waals surface area contributed by atoms with E-state index in [0.29, 0.717) is 19.3 Å². The number of esters is 1. The van der Waals surface area contributed by atoms with Gasteiger partial charge in [-0.2, -0.15) is 0 Å². The van der Waals surface area contributed by atoms with Gasteiger partial charge in [0, 0.05) is 6.42 Å². The Morgan fingerprint density at radius 2 is 1.00 bits per heavy atom. The number of amides is 1. The normalized spacial score (nSPS) is 13.6. The number of hydrogen-bond donors (Lipinski definition) is 3. The Labute approximate surface area is 334 Å². The third-order valence-corrected chi connectivity index (χ3v) is 10.5. The average molecular weight is 760 g/mol. The molecule has 3 unspecified atom stereocenters. The van der Waals surface area contributed by atoms with Gasteiger partial charge in [0.1, 0.15) is 6.10 Å². The van der Waals surface area contributed by atoms with Crippen molar-refractivity contribution in [2.75, 3.05) is 6.61 Å². The van der Waals surface area contributed by atoms with Gasteiger partial charge in [0.15, 0.2) is 0 Å². The number of ether oxygens (including phenoxy) is 1. The third-order valence-electron chi connectivity index (χ3n) is 10.5. The molecule has 0 bridgehead atoms. The molecule has 3 atom stereocenters. The van der Waals surface area contributed by atoms with Gasteiger partial charge in [0.25, 0.3) is 0 Å². The summed E-state index contributed by atoms with van der Waals surface area (Å²) in [6, 6.07) is -0.700. The van der Waals surface area contributed by atoms with E-state index in [4.69, 9.17) is 4.74 Å². The molecule has 0 aliphatic heterocycles. The second-order valence-corrected chi connectivity index (χ2v) is 15.8. The number of rotatable bonds is 41. The van der Waals surface area contributed by atoms with Crippen molar-refractivity contribution in [2.24, 2.45) is 0 Å². The van der Waals surface area contributed by atoms with Crippen molar-refractivity contribution >= 4 is 11.9 Å². The van der Waals surface area contributed by atoms with Gasteiger partial charge < -0.3 is 20.3 Å². The standard InChI is InChI=1S/C48H89NO5/c1-4-7-10-13-16-19-22-23-24-26-29-32-35-38-41-48(53)54-44(39-36-33-30-27-25-20-17-14-11-8-5-2)42-47(52)49-45(43-50)46(51)40-37-34-31-28-21-18-15-12-9-6-3/h7,10,16,19,23-24,44-46,50-51H,4-6,8-9,11-15,17-18,20-22,25-43H2,1-3H3,(H,49,52)/b10-7+,19-16+,24-23+. The highest BCUT2D eigenvalue weighted by molar-refractivity contribution is 5.77. The van der Waals surface area contributed by atoms with Gasteiger partial charge >= 0.3 is 5.97 Å². The minimum absolute atomic E-state index is 0.0714. The van der Waals surface area contributed by atoms with E-state index < -0.39 is 18.2 Å². The highest BCUT2D eigenvalue weighted by atomic mass is 16.5. The number of aliphatic hydroxyl groups excluding tert-OH is 2. The lowest BCUT2D eigenvalue weighted by atomic mass is 10.0. The molecule has 6 heteroatoms. The smallest absolute Gasteiger partial charge is 0.306 e. The summed E-state index contributed by atoms with van der Waals surface area (Å²) in [7, 11) is 0. The van der Waals surface area contributed by atoms with Gasteiger partial charge in [0.05, 0.1) is 25.2 Å². The summed E-state index contributed by atoms with van der Waals surface area (Å²) in [6.45, 7) is 6.34. The molecule has 0 aromatic heterocycles. The van der Waals surface area contributed by atoms with E-state index in [-0.39, 0.29) is 24.9 Å². The van der Waals surface area contributed by atoms with Crippen molar-refractivity contribution in [3.63, 3.8) is 0 Å². The predicted octanol–water partition coefficient (Wildman–Crippen LogP) is 13.3. The maximum absolute atomic E-state index is 13.1. The number of nitrogens with one attached hydrogen (secondary N) is 1. The van der Waals surface area contributed by atoms with Crippen molar-refractivity contribution in [3.8, 4) is 0 Å². The molecule has 1 amide bonds. The number of hydrogen-bond acceptors (Lipinski definition) is 5. The van der Waals surface area contributed by atoms with Crippen molar-refractivity contribution in [2.45, 2.75) is 251 Å². The van der Waals surface area contributed by atoms with Crippen LogP contribution in [0.15, 0.2) is 36.5 Å². The first-order chi connectivity index (χ1) is 26.5. The predicted molar refractivity (Wildman–Crippen MR) is 232 cm³/mol.